The average molecular weight is 257 g/mol. The van der Waals surface area contributed by atoms with Crippen LogP contribution in [-0.4, -0.2) is 22.4 Å². The highest BCUT2D eigenvalue weighted by Crippen LogP contribution is 2.19. The van der Waals surface area contributed by atoms with Crippen LogP contribution in [0, 0.1) is 5.92 Å². The standard InChI is InChI=1S/C12H23N3OS/c1-6-13-12(4,5)11-14-10(15-16-11)8-17-7-9(2)3/h9,13H,6-8H2,1-5H3. The van der Waals surface area contributed by atoms with E-state index in [1.54, 1.807) is 0 Å². The molecule has 0 amide bonds. The molecule has 17 heavy (non-hydrogen) atoms. The van der Waals surface area contributed by atoms with Crippen LogP contribution in [0.5, 0.6) is 0 Å². The molecule has 1 heterocycles. The van der Waals surface area contributed by atoms with Gasteiger partial charge >= 0.3 is 0 Å². The van der Waals surface area contributed by atoms with E-state index in [4.69, 9.17) is 4.52 Å². The number of aromatic nitrogens is 2. The van der Waals surface area contributed by atoms with Crippen LogP contribution < -0.4 is 5.32 Å². The van der Waals surface area contributed by atoms with E-state index in [1.807, 2.05) is 11.8 Å². The fourth-order valence-electron chi connectivity index (χ4n) is 1.47. The second-order valence-corrected chi connectivity index (χ2v) is 6.11. The molecule has 5 heteroatoms. The zero-order valence-corrected chi connectivity index (χ0v) is 12.2. The van der Waals surface area contributed by atoms with Gasteiger partial charge in [-0.05, 0) is 32.1 Å². The van der Waals surface area contributed by atoms with Crippen molar-refractivity contribution in [3.8, 4) is 0 Å². The summed E-state index contributed by atoms with van der Waals surface area (Å²) in [5.74, 6) is 4.10. The van der Waals surface area contributed by atoms with Crippen molar-refractivity contribution in [1.29, 1.82) is 0 Å². The predicted molar refractivity (Wildman–Crippen MR) is 72.0 cm³/mol. The van der Waals surface area contributed by atoms with Gasteiger partial charge in [0.2, 0.25) is 5.89 Å². The van der Waals surface area contributed by atoms with Crippen LogP contribution in [0.15, 0.2) is 4.52 Å². The minimum atomic E-state index is -0.247. The van der Waals surface area contributed by atoms with Crippen molar-refractivity contribution in [2.45, 2.75) is 45.9 Å². The minimum Gasteiger partial charge on any atom is -0.337 e. The van der Waals surface area contributed by atoms with Gasteiger partial charge in [0.25, 0.3) is 0 Å². The van der Waals surface area contributed by atoms with Crippen LogP contribution >= 0.6 is 11.8 Å². The third-order valence-corrected chi connectivity index (χ3v) is 3.67. The Kier molecular flexibility index (Phi) is 5.46. The summed E-state index contributed by atoms with van der Waals surface area (Å²) < 4.78 is 5.30. The van der Waals surface area contributed by atoms with Crippen molar-refractivity contribution in [1.82, 2.24) is 15.5 Å². The van der Waals surface area contributed by atoms with Gasteiger partial charge in [0, 0.05) is 0 Å². The lowest BCUT2D eigenvalue weighted by Gasteiger charge is -2.20. The summed E-state index contributed by atoms with van der Waals surface area (Å²) in [5, 5.41) is 7.34. The normalized spacial score (nSPS) is 12.4. The molecule has 0 fully saturated rings. The molecule has 0 aliphatic heterocycles. The van der Waals surface area contributed by atoms with Crippen molar-refractivity contribution in [3.05, 3.63) is 11.7 Å². The molecule has 1 N–H and O–H groups in total. The summed E-state index contributed by atoms with van der Waals surface area (Å²) in [6.07, 6.45) is 0. The SMILES string of the molecule is CCNC(C)(C)c1nc(CSCC(C)C)no1. The Morgan fingerprint density at radius 1 is 1.41 bits per heavy atom. The van der Waals surface area contributed by atoms with Gasteiger partial charge in [-0.1, -0.05) is 25.9 Å². The van der Waals surface area contributed by atoms with Gasteiger partial charge in [0.15, 0.2) is 5.82 Å². The number of rotatable bonds is 7. The first-order valence-corrected chi connectivity index (χ1v) is 7.27. The fraction of sp³-hybridized carbons (Fsp3) is 0.833. The molecular weight excluding hydrogens is 234 g/mol. The monoisotopic (exact) mass is 257 g/mol. The number of nitrogens with zero attached hydrogens (tertiary/aromatic N) is 2. The summed E-state index contributed by atoms with van der Waals surface area (Å²) in [5.41, 5.74) is -0.247. The Labute approximate surface area is 108 Å². The quantitative estimate of drug-likeness (QED) is 0.814. The summed E-state index contributed by atoms with van der Waals surface area (Å²) in [4.78, 5) is 4.44. The maximum Gasteiger partial charge on any atom is 0.246 e. The summed E-state index contributed by atoms with van der Waals surface area (Å²) in [7, 11) is 0. The lowest BCUT2D eigenvalue weighted by Crippen LogP contribution is -2.36. The van der Waals surface area contributed by atoms with E-state index < -0.39 is 0 Å². The fourth-order valence-corrected chi connectivity index (χ4v) is 2.36. The Hall–Kier alpha value is -0.550. The first-order valence-electron chi connectivity index (χ1n) is 6.11. The van der Waals surface area contributed by atoms with Crippen LogP contribution in [-0.2, 0) is 11.3 Å². The first kappa shape index (κ1) is 14.5. The molecule has 1 aromatic rings. The molecule has 0 aliphatic carbocycles. The van der Waals surface area contributed by atoms with Crippen LogP contribution in [0.2, 0.25) is 0 Å². The van der Waals surface area contributed by atoms with Crippen molar-refractivity contribution in [3.63, 3.8) is 0 Å². The largest absolute Gasteiger partial charge is 0.337 e. The van der Waals surface area contributed by atoms with Crippen molar-refractivity contribution in [2.24, 2.45) is 5.92 Å². The van der Waals surface area contributed by atoms with Crippen LogP contribution in [0.25, 0.3) is 0 Å². The van der Waals surface area contributed by atoms with E-state index in [0.29, 0.717) is 11.8 Å². The molecule has 0 bridgehead atoms. The van der Waals surface area contributed by atoms with Gasteiger partial charge in [0.1, 0.15) is 0 Å². The van der Waals surface area contributed by atoms with Crippen LogP contribution in [0.3, 0.4) is 0 Å². The topological polar surface area (TPSA) is 51.0 Å². The smallest absolute Gasteiger partial charge is 0.246 e. The zero-order valence-electron chi connectivity index (χ0n) is 11.4. The molecule has 98 valence electrons. The van der Waals surface area contributed by atoms with Crippen LogP contribution in [0.4, 0.5) is 0 Å². The molecule has 0 spiro atoms. The van der Waals surface area contributed by atoms with Crippen molar-refractivity contribution < 1.29 is 4.52 Å². The highest BCUT2D eigenvalue weighted by molar-refractivity contribution is 7.98. The van der Waals surface area contributed by atoms with Gasteiger partial charge in [-0.3, -0.25) is 0 Å². The Morgan fingerprint density at radius 2 is 2.12 bits per heavy atom. The number of thioether (sulfide) groups is 1. The molecule has 1 aromatic heterocycles. The van der Waals surface area contributed by atoms with Gasteiger partial charge in [-0.2, -0.15) is 16.7 Å². The second kappa shape index (κ2) is 6.40. The second-order valence-electron chi connectivity index (χ2n) is 5.08. The predicted octanol–water partition coefficient (Wildman–Crippen LogP) is 2.80. The molecular formula is C12H23N3OS. The molecule has 1 rings (SSSR count). The molecule has 0 radical (unpaired) electrons. The Balaban J connectivity index is 2.53. The van der Waals surface area contributed by atoms with Gasteiger partial charge < -0.3 is 9.84 Å². The Bertz CT molecular complexity index is 336. The number of hydrogen-bond acceptors (Lipinski definition) is 5. The van der Waals surface area contributed by atoms with E-state index in [0.717, 1.165) is 23.9 Å². The Morgan fingerprint density at radius 3 is 2.71 bits per heavy atom. The molecule has 0 unspecified atom stereocenters. The maximum absolute atomic E-state index is 5.30. The highest BCUT2D eigenvalue weighted by Gasteiger charge is 2.26. The molecule has 0 saturated carbocycles. The van der Waals surface area contributed by atoms with E-state index in [2.05, 4.69) is 50.1 Å². The highest BCUT2D eigenvalue weighted by atomic mass is 32.2. The molecule has 0 aromatic carbocycles. The maximum atomic E-state index is 5.30. The molecule has 0 aliphatic rings. The lowest BCUT2D eigenvalue weighted by molar-refractivity contribution is 0.271. The van der Waals surface area contributed by atoms with Gasteiger partial charge in [0.05, 0.1) is 11.3 Å². The van der Waals surface area contributed by atoms with Crippen molar-refractivity contribution >= 4 is 11.8 Å². The molecule has 0 saturated heterocycles. The van der Waals surface area contributed by atoms with Crippen molar-refractivity contribution in [2.75, 3.05) is 12.3 Å². The molecule has 0 atom stereocenters. The third-order valence-electron chi connectivity index (χ3n) is 2.30. The third kappa shape index (κ3) is 4.68. The summed E-state index contributed by atoms with van der Waals surface area (Å²) >= 11 is 1.85. The number of nitrogens with one attached hydrogen (secondary N) is 1. The van der Waals surface area contributed by atoms with Gasteiger partial charge in [-0.15, -0.1) is 0 Å². The van der Waals surface area contributed by atoms with E-state index >= 15 is 0 Å². The molecule has 4 nitrogen and oxygen atoms in total. The van der Waals surface area contributed by atoms with E-state index in [9.17, 15) is 0 Å². The lowest BCUT2D eigenvalue weighted by atomic mass is 10.1. The number of hydrogen-bond donors (Lipinski definition) is 1. The minimum absolute atomic E-state index is 0.247. The van der Waals surface area contributed by atoms with Crippen LogP contribution in [0.1, 0.15) is 46.3 Å². The van der Waals surface area contributed by atoms with E-state index in [1.165, 1.54) is 0 Å². The van der Waals surface area contributed by atoms with E-state index in [-0.39, 0.29) is 5.54 Å². The average Bonchev–Trinajstić information content (AvgIpc) is 2.66. The zero-order chi connectivity index (χ0) is 12.9. The summed E-state index contributed by atoms with van der Waals surface area (Å²) in [6, 6.07) is 0. The first-order chi connectivity index (χ1) is 7.95. The van der Waals surface area contributed by atoms with Gasteiger partial charge in [-0.25, -0.2) is 0 Å². The summed E-state index contributed by atoms with van der Waals surface area (Å²) in [6.45, 7) is 11.5.